The second kappa shape index (κ2) is 11.9. The van der Waals surface area contributed by atoms with Gasteiger partial charge < -0.3 is 4.18 Å². The third kappa shape index (κ3) is 7.45. The van der Waals surface area contributed by atoms with Crippen molar-refractivity contribution in [2.75, 3.05) is 0 Å². The van der Waals surface area contributed by atoms with E-state index in [1.807, 2.05) is 12.1 Å². The van der Waals surface area contributed by atoms with Gasteiger partial charge in [0, 0.05) is 11.8 Å². The van der Waals surface area contributed by atoms with E-state index in [0.29, 0.717) is 5.56 Å². The van der Waals surface area contributed by atoms with Crippen molar-refractivity contribution in [3.05, 3.63) is 90.5 Å². The molecule has 3 aromatic rings. The fraction of sp³-hybridized carbons (Fsp3) is 0.308. The zero-order valence-corrected chi connectivity index (χ0v) is 22.8. The Morgan fingerprint density at radius 3 is 1.35 bits per heavy atom. The Morgan fingerprint density at radius 2 is 1.00 bits per heavy atom. The highest BCUT2D eigenvalue weighted by Crippen LogP contribution is 2.55. The van der Waals surface area contributed by atoms with E-state index in [1.165, 1.54) is 33.7 Å². The first-order valence-corrected chi connectivity index (χ1v) is 13.5. The van der Waals surface area contributed by atoms with Crippen molar-refractivity contribution in [3.63, 3.8) is 0 Å². The molecule has 0 bridgehead atoms. The van der Waals surface area contributed by atoms with Gasteiger partial charge in [-0.3, -0.25) is 0 Å². The number of hydrogen-bond donors (Lipinski definition) is 0. The van der Waals surface area contributed by atoms with Crippen LogP contribution in [0.5, 0.6) is 5.75 Å². The largest absolute Gasteiger partial charge is 0.460 e. The number of benzene rings is 3. The van der Waals surface area contributed by atoms with Crippen molar-refractivity contribution >= 4 is 21.9 Å². The fourth-order valence-corrected chi connectivity index (χ4v) is 4.71. The highest BCUT2D eigenvalue weighted by molar-refractivity contribution is 7.88. The van der Waals surface area contributed by atoms with Crippen LogP contribution in [-0.2, 0) is 27.3 Å². The molecule has 0 fully saturated rings. The number of rotatable bonds is 7. The van der Waals surface area contributed by atoms with Gasteiger partial charge in [-0.25, -0.2) is 0 Å². The van der Waals surface area contributed by atoms with Gasteiger partial charge in [0.25, 0.3) is 0 Å². The summed E-state index contributed by atoms with van der Waals surface area (Å²) >= 11 is 1.28. The van der Waals surface area contributed by atoms with Gasteiger partial charge in [-0.15, -0.1) is 0 Å². The van der Waals surface area contributed by atoms with Gasteiger partial charge in [-0.05, 0) is 47.4 Å². The Labute approximate surface area is 229 Å². The van der Waals surface area contributed by atoms with Crippen molar-refractivity contribution in [1.82, 2.24) is 0 Å². The molecule has 3 aromatic carbocycles. The van der Waals surface area contributed by atoms with Crippen LogP contribution in [-0.4, -0.2) is 31.7 Å². The lowest BCUT2D eigenvalue weighted by Gasteiger charge is -2.32. The molecule has 0 radical (unpaired) electrons. The number of halogens is 9. The average molecular weight is 620 g/mol. The molecule has 14 heteroatoms. The van der Waals surface area contributed by atoms with Crippen LogP contribution in [0, 0.1) is 0 Å². The second-order valence-electron chi connectivity index (χ2n) is 9.26. The summed E-state index contributed by atoms with van der Waals surface area (Å²) in [4.78, 5) is 2.68. The van der Waals surface area contributed by atoms with E-state index in [1.54, 1.807) is 20.8 Å². The van der Waals surface area contributed by atoms with Crippen LogP contribution in [0.25, 0.3) is 0 Å². The molecule has 0 atom stereocenters. The molecule has 0 heterocycles. The van der Waals surface area contributed by atoms with E-state index in [2.05, 4.69) is 52.7 Å². The third-order valence-corrected chi connectivity index (χ3v) is 7.54. The minimum Gasteiger partial charge on any atom is -0.378 e. The summed E-state index contributed by atoms with van der Waals surface area (Å²) in [7, 11) is -6.93. The molecule has 0 N–H and O–H groups in total. The summed E-state index contributed by atoms with van der Waals surface area (Å²) in [5.74, 6) is -15.6. The van der Waals surface area contributed by atoms with E-state index < -0.39 is 44.6 Å². The van der Waals surface area contributed by atoms with E-state index in [-0.39, 0.29) is 0 Å². The van der Waals surface area contributed by atoms with E-state index in [9.17, 15) is 47.9 Å². The Balaban J connectivity index is 0.000000355. The molecule has 220 valence electrons. The molecule has 0 saturated heterocycles. The number of hydrogen-bond acceptors (Lipinski definition) is 3. The van der Waals surface area contributed by atoms with Gasteiger partial charge in [-0.1, -0.05) is 69.3 Å². The molecule has 0 spiro atoms. The summed E-state index contributed by atoms with van der Waals surface area (Å²) in [6.07, 6.45) is -7.14. The molecule has 0 unspecified atom stereocenters. The van der Waals surface area contributed by atoms with Crippen molar-refractivity contribution in [3.8, 4) is 5.75 Å². The van der Waals surface area contributed by atoms with Crippen LogP contribution < -0.4 is 4.18 Å². The summed E-state index contributed by atoms with van der Waals surface area (Å²) in [5, 5.41) is -6.89. The van der Waals surface area contributed by atoms with Crippen molar-refractivity contribution in [2.24, 2.45) is 0 Å². The van der Waals surface area contributed by atoms with Gasteiger partial charge >= 0.3 is 33.4 Å². The average Bonchev–Trinajstić information content (AvgIpc) is 2.84. The highest BCUT2D eigenvalue weighted by Gasteiger charge is 2.86. The predicted octanol–water partition coefficient (Wildman–Crippen LogP) is 8.04. The summed E-state index contributed by atoms with van der Waals surface area (Å²) in [5.41, 5.74) is 0.0521. The fourth-order valence-electron chi connectivity index (χ4n) is 2.86. The topological polar surface area (TPSA) is 43.4 Å². The molecule has 0 saturated carbocycles. The first-order valence-electron chi connectivity index (χ1n) is 11.2. The quantitative estimate of drug-likeness (QED) is 0.116. The lowest BCUT2D eigenvalue weighted by atomic mass is 9.87. The molecule has 3 nitrogen and oxygen atoms in total. The molecule has 0 aliphatic carbocycles. The molecule has 0 aliphatic rings. The van der Waals surface area contributed by atoms with Gasteiger partial charge in [0.05, 0.1) is 0 Å². The standard InChI is InChI=1S/C14H13F9O3S.C12H10S/c1-10(2,3)8-4-6-9(7-5-8)26-27(24,25)14(22,23)12(17,18)11(15,16)13(19,20)21;1-3-7-11(8-4-1)13-12-9-5-2-6-10-12/h4-7H,1-3H3;1-10H/p+1. The monoisotopic (exact) mass is 619 g/mol. The first kappa shape index (κ1) is 33.3. The third-order valence-electron chi connectivity index (χ3n) is 5.13. The molecule has 3 rings (SSSR count). The van der Waals surface area contributed by atoms with E-state index in [0.717, 1.165) is 12.1 Å². The molecule has 0 aromatic heterocycles. The van der Waals surface area contributed by atoms with E-state index in [4.69, 9.17) is 0 Å². The summed E-state index contributed by atoms with van der Waals surface area (Å²) < 4.78 is 142. The smallest absolute Gasteiger partial charge is 0.378 e. The predicted molar refractivity (Wildman–Crippen MR) is 134 cm³/mol. The minimum absolute atomic E-state index is 0.483. The van der Waals surface area contributed by atoms with Gasteiger partial charge in [0.1, 0.15) is 5.75 Å². The van der Waals surface area contributed by atoms with Gasteiger partial charge in [0.15, 0.2) is 9.79 Å². The SMILES string of the molecule is CC(C)(C)c1ccc(OS(=O)(=O)C(F)(F)C(F)(F)C(F)(F)C(F)(F)F)cc1.c1ccc([SH+]c2ccccc2)cc1. The Bertz CT molecular complexity index is 1300. The maximum absolute atomic E-state index is 13.5. The summed E-state index contributed by atoms with van der Waals surface area (Å²) in [6.45, 7) is 5.15. The Morgan fingerprint density at radius 1 is 0.600 bits per heavy atom. The minimum atomic E-state index is -7.34. The number of thiol groups is 1. The zero-order valence-electron chi connectivity index (χ0n) is 21.1. The summed E-state index contributed by atoms with van der Waals surface area (Å²) in [6, 6.07) is 24.8. The van der Waals surface area contributed by atoms with Crippen LogP contribution in [0.2, 0.25) is 0 Å². The van der Waals surface area contributed by atoms with Crippen LogP contribution in [0.1, 0.15) is 26.3 Å². The van der Waals surface area contributed by atoms with Crippen LogP contribution in [0.15, 0.2) is 94.7 Å². The van der Waals surface area contributed by atoms with Crippen molar-refractivity contribution in [2.45, 2.75) is 59.3 Å². The molecule has 40 heavy (non-hydrogen) atoms. The highest BCUT2D eigenvalue weighted by atomic mass is 32.2. The molecule has 0 aliphatic heterocycles. The van der Waals surface area contributed by atoms with E-state index >= 15 is 0 Å². The van der Waals surface area contributed by atoms with Crippen molar-refractivity contribution in [1.29, 1.82) is 0 Å². The molecular formula is C26H24F9O3S2+. The van der Waals surface area contributed by atoms with Crippen LogP contribution in [0.3, 0.4) is 0 Å². The normalized spacial score (nSPS) is 13.3. The lowest BCUT2D eigenvalue weighted by Crippen LogP contribution is -2.63. The van der Waals surface area contributed by atoms with Gasteiger partial charge in [0.2, 0.25) is 0 Å². The maximum atomic E-state index is 13.5. The van der Waals surface area contributed by atoms with Crippen LogP contribution in [0.4, 0.5) is 39.5 Å². The van der Waals surface area contributed by atoms with Crippen molar-refractivity contribution < 1.29 is 52.1 Å². The lowest BCUT2D eigenvalue weighted by molar-refractivity contribution is -0.382. The zero-order chi connectivity index (χ0) is 30.6. The molecule has 0 amide bonds. The maximum Gasteiger partial charge on any atom is 0.460 e. The second-order valence-corrected chi connectivity index (χ2v) is 12.1. The first-order chi connectivity index (χ1) is 18.1. The van der Waals surface area contributed by atoms with Crippen LogP contribution >= 0.6 is 0 Å². The Kier molecular flexibility index (Phi) is 9.94. The molecular weight excluding hydrogens is 595 g/mol. The van der Waals surface area contributed by atoms with Gasteiger partial charge in [-0.2, -0.15) is 47.9 Å². The number of alkyl halides is 9. The Hall–Kier alpha value is -2.87.